The molecule has 0 saturated carbocycles. The zero-order chi connectivity index (χ0) is 14.8. The fraction of sp³-hybridized carbons (Fsp3) is 0.417. The molecule has 0 aliphatic carbocycles. The second kappa shape index (κ2) is 5.86. The molecule has 0 unspecified atom stereocenters. The highest BCUT2D eigenvalue weighted by Crippen LogP contribution is 2.17. The molecular formula is C12H14FNO5S. The number of sulfonamides is 1. The van der Waals surface area contributed by atoms with Crippen molar-refractivity contribution in [2.75, 3.05) is 13.2 Å². The highest BCUT2D eigenvalue weighted by molar-refractivity contribution is 7.89. The summed E-state index contributed by atoms with van der Waals surface area (Å²) in [7, 11) is -4.10. The molecule has 8 heteroatoms. The van der Waals surface area contributed by atoms with Crippen LogP contribution in [0.4, 0.5) is 4.39 Å². The number of hydrogen-bond acceptors (Lipinski definition) is 4. The lowest BCUT2D eigenvalue weighted by atomic mass is 10.2. The van der Waals surface area contributed by atoms with Crippen LogP contribution in [0.2, 0.25) is 0 Å². The lowest BCUT2D eigenvalue weighted by Gasteiger charge is -2.12. The number of hydrogen-bond donors (Lipinski definition) is 2. The van der Waals surface area contributed by atoms with E-state index in [1.165, 1.54) is 0 Å². The van der Waals surface area contributed by atoms with Crippen LogP contribution >= 0.6 is 0 Å². The Bertz CT molecular complexity index is 610. The van der Waals surface area contributed by atoms with Crippen LogP contribution in [0, 0.1) is 5.82 Å². The summed E-state index contributed by atoms with van der Waals surface area (Å²) in [5, 5.41) is 8.81. The average molecular weight is 303 g/mol. The van der Waals surface area contributed by atoms with E-state index in [2.05, 4.69) is 4.72 Å². The van der Waals surface area contributed by atoms with Gasteiger partial charge in [0, 0.05) is 13.2 Å². The molecule has 1 atom stereocenters. The first-order chi connectivity index (χ1) is 9.40. The predicted molar refractivity (Wildman–Crippen MR) is 67.5 cm³/mol. The summed E-state index contributed by atoms with van der Waals surface area (Å²) in [6.45, 7) is 0.619. The van der Waals surface area contributed by atoms with Gasteiger partial charge in [0.25, 0.3) is 0 Å². The molecule has 0 radical (unpaired) electrons. The van der Waals surface area contributed by atoms with Crippen LogP contribution in [-0.2, 0) is 14.8 Å². The van der Waals surface area contributed by atoms with E-state index in [1.54, 1.807) is 0 Å². The fourth-order valence-electron chi connectivity index (χ4n) is 1.93. The Hall–Kier alpha value is -1.51. The second-order valence-electron chi connectivity index (χ2n) is 4.44. The van der Waals surface area contributed by atoms with Gasteiger partial charge < -0.3 is 9.84 Å². The van der Waals surface area contributed by atoms with Crippen molar-refractivity contribution in [2.45, 2.75) is 23.8 Å². The van der Waals surface area contributed by atoms with Crippen LogP contribution in [0.5, 0.6) is 0 Å². The molecule has 2 N–H and O–H groups in total. The molecule has 0 bridgehead atoms. The van der Waals surface area contributed by atoms with Gasteiger partial charge in [0.1, 0.15) is 10.7 Å². The molecule has 1 aromatic rings. The largest absolute Gasteiger partial charge is 0.478 e. The van der Waals surface area contributed by atoms with Gasteiger partial charge in [-0.15, -0.1) is 0 Å². The Morgan fingerprint density at radius 2 is 2.25 bits per heavy atom. The van der Waals surface area contributed by atoms with Gasteiger partial charge in [-0.05, 0) is 31.0 Å². The number of ether oxygens (including phenoxy) is 1. The number of halogens is 1. The minimum atomic E-state index is -4.10. The Labute approximate surface area is 115 Å². The van der Waals surface area contributed by atoms with Gasteiger partial charge in [-0.3, -0.25) is 0 Å². The topological polar surface area (TPSA) is 92.7 Å². The van der Waals surface area contributed by atoms with Crippen LogP contribution in [0.3, 0.4) is 0 Å². The number of carboxylic acids is 1. The quantitative estimate of drug-likeness (QED) is 0.846. The standard InChI is InChI=1S/C12H14FNO5S/c13-10-4-3-8(12(15)16)6-11(10)20(17,18)14-7-9-2-1-5-19-9/h3-4,6,9,14H,1-2,5,7H2,(H,15,16)/t9-/m1/s1. The molecule has 0 amide bonds. The first kappa shape index (κ1) is 14.9. The fourth-order valence-corrected chi connectivity index (χ4v) is 3.10. The molecule has 1 aliphatic heterocycles. The van der Waals surface area contributed by atoms with E-state index >= 15 is 0 Å². The van der Waals surface area contributed by atoms with E-state index in [0.717, 1.165) is 31.0 Å². The summed E-state index contributed by atoms with van der Waals surface area (Å²) < 4.78 is 45.1. The summed E-state index contributed by atoms with van der Waals surface area (Å²) in [5.74, 6) is -2.31. The molecule has 1 fully saturated rings. The molecule has 1 saturated heterocycles. The zero-order valence-electron chi connectivity index (χ0n) is 10.5. The normalized spacial score (nSPS) is 19.1. The molecule has 0 aromatic heterocycles. The van der Waals surface area contributed by atoms with Crippen molar-refractivity contribution in [1.82, 2.24) is 4.72 Å². The maximum absolute atomic E-state index is 13.6. The number of aromatic carboxylic acids is 1. The number of carbonyl (C=O) groups is 1. The van der Waals surface area contributed by atoms with Crippen LogP contribution in [-0.4, -0.2) is 38.7 Å². The van der Waals surface area contributed by atoms with Crippen molar-refractivity contribution < 1.29 is 27.4 Å². The molecular weight excluding hydrogens is 289 g/mol. The Balaban J connectivity index is 2.19. The van der Waals surface area contributed by atoms with Crippen molar-refractivity contribution in [2.24, 2.45) is 0 Å². The van der Waals surface area contributed by atoms with Gasteiger partial charge in [-0.25, -0.2) is 22.3 Å². The molecule has 1 heterocycles. The van der Waals surface area contributed by atoms with Gasteiger partial charge in [0.15, 0.2) is 0 Å². The van der Waals surface area contributed by atoms with E-state index < -0.39 is 26.7 Å². The molecule has 1 aliphatic rings. The predicted octanol–water partition coefficient (Wildman–Crippen LogP) is 0.981. The molecule has 2 rings (SSSR count). The van der Waals surface area contributed by atoms with Gasteiger partial charge in [0.2, 0.25) is 10.0 Å². The van der Waals surface area contributed by atoms with E-state index in [-0.39, 0.29) is 18.2 Å². The van der Waals surface area contributed by atoms with Crippen LogP contribution in [0.15, 0.2) is 23.1 Å². The third-order valence-electron chi connectivity index (χ3n) is 2.99. The molecule has 6 nitrogen and oxygen atoms in total. The summed E-state index contributed by atoms with van der Waals surface area (Å²) in [6.07, 6.45) is 1.37. The van der Waals surface area contributed by atoms with Gasteiger partial charge in [0.05, 0.1) is 11.7 Å². The SMILES string of the molecule is O=C(O)c1ccc(F)c(S(=O)(=O)NC[C@H]2CCCO2)c1. The number of carboxylic acid groups (broad SMARTS) is 1. The molecule has 20 heavy (non-hydrogen) atoms. The Morgan fingerprint density at radius 1 is 1.50 bits per heavy atom. The third kappa shape index (κ3) is 3.33. The van der Waals surface area contributed by atoms with Gasteiger partial charge >= 0.3 is 5.97 Å². The minimum Gasteiger partial charge on any atom is -0.478 e. The number of rotatable bonds is 5. The Morgan fingerprint density at radius 3 is 2.85 bits per heavy atom. The van der Waals surface area contributed by atoms with Crippen molar-refractivity contribution in [1.29, 1.82) is 0 Å². The van der Waals surface area contributed by atoms with Crippen LogP contribution in [0.25, 0.3) is 0 Å². The lowest BCUT2D eigenvalue weighted by molar-refractivity contribution is 0.0696. The minimum absolute atomic E-state index is 0.0407. The molecule has 0 spiro atoms. The van der Waals surface area contributed by atoms with Crippen molar-refractivity contribution in [3.63, 3.8) is 0 Å². The monoisotopic (exact) mass is 303 g/mol. The first-order valence-electron chi connectivity index (χ1n) is 6.04. The average Bonchev–Trinajstić information content (AvgIpc) is 2.89. The number of nitrogens with one attached hydrogen (secondary N) is 1. The van der Waals surface area contributed by atoms with Gasteiger partial charge in [-0.1, -0.05) is 0 Å². The van der Waals surface area contributed by atoms with Crippen molar-refractivity contribution in [3.05, 3.63) is 29.6 Å². The zero-order valence-corrected chi connectivity index (χ0v) is 11.3. The van der Waals surface area contributed by atoms with Crippen LogP contribution in [0.1, 0.15) is 23.2 Å². The van der Waals surface area contributed by atoms with E-state index in [4.69, 9.17) is 9.84 Å². The second-order valence-corrected chi connectivity index (χ2v) is 6.17. The summed E-state index contributed by atoms with van der Waals surface area (Å²) in [6, 6.07) is 2.64. The first-order valence-corrected chi connectivity index (χ1v) is 7.52. The highest BCUT2D eigenvalue weighted by atomic mass is 32.2. The van der Waals surface area contributed by atoms with Crippen molar-refractivity contribution in [3.8, 4) is 0 Å². The maximum atomic E-state index is 13.6. The highest BCUT2D eigenvalue weighted by Gasteiger charge is 2.23. The maximum Gasteiger partial charge on any atom is 0.335 e. The van der Waals surface area contributed by atoms with E-state index in [0.29, 0.717) is 6.61 Å². The number of benzene rings is 1. The van der Waals surface area contributed by atoms with Crippen LogP contribution < -0.4 is 4.72 Å². The van der Waals surface area contributed by atoms with Crippen molar-refractivity contribution >= 4 is 16.0 Å². The van der Waals surface area contributed by atoms with Gasteiger partial charge in [-0.2, -0.15) is 0 Å². The van der Waals surface area contributed by atoms with E-state index in [9.17, 15) is 17.6 Å². The van der Waals surface area contributed by atoms with E-state index in [1.807, 2.05) is 0 Å². The summed E-state index contributed by atoms with van der Waals surface area (Å²) >= 11 is 0. The molecule has 1 aromatic carbocycles. The lowest BCUT2D eigenvalue weighted by Crippen LogP contribution is -2.32. The smallest absolute Gasteiger partial charge is 0.335 e. The molecule has 110 valence electrons. The third-order valence-corrected chi connectivity index (χ3v) is 4.43. The summed E-state index contributed by atoms with van der Waals surface area (Å²) in [5.41, 5.74) is -0.288. The Kier molecular flexibility index (Phi) is 4.36. The summed E-state index contributed by atoms with van der Waals surface area (Å²) in [4.78, 5) is 10.1.